The molecule has 0 saturated carbocycles. The summed E-state index contributed by atoms with van der Waals surface area (Å²) in [6, 6.07) is 12.7. The summed E-state index contributed by atoms with van der Waals surface area (Å²) < 4.78 is 1.53. The quantitative estimate of drug-likeness (QED) is 0.405. The zero-order valence-electron chi connectivity index (χ0n) is 17.9. The lowest BCUT2D eigenvalue weighted by molar-refractivity contribution is 0.0695. The fourth-order valence-corrected chi connectivity index (χ4v) is 4.38. The number of aromatic nitrogens is 3. The number of anilines is 1. The first-order valence-corrected chi connectivity index (χ1v) is 11.3. The van der Waals surface area contributed by atoms with Gasteiger partial charge in [-0.1, -0.05) is 35.5 Å². The predicted octanol–water partition coefficient (Wildman–Crippen LogP) is 2.26. The molecule has 4 heterocycles. The molecule has 3 aromatic heterocycles. The summed E-state index contributed by atoms with van der Waals surface area (Å²) in [6.45, 7) is 1.24. The number of carboxylic acid groups (broad SMARTS) is 1. The second kappa shape index (κ2) is 9.04. The van der Waals surface area contributed by atoms with Gasteiger partial charge in [0.05, 0.1) is 23.7 Å². The Morgan fingerprint density at radius 1 is 1.26 bits per heavy atom. The highest BCUT2D eigenvalue weighted by Gasteiger charge is 2.28. The molecule has 0 aliphatic carbocycles. The van der Waals surface area contributed by atoms with Crippen molar-refractivity contribution in [3.05, 3.63) is 81.6 Å². The van der Waals surface area contributed by atoms with E-state index in [0.29, 0.717) is 42.0 Å². The van der Waals surface area contributed by atoms with Crippen molar-refractivity contribution < 1.29 is 14.7 Å². The number of aromatic carboxylic acids is 1. The highest BCUT2D eigenvalue weighted by atomic mass is 32.1. The molecule has 1 unspecified atom stereocenters. The number of carbonyl (C=O) groups is 1. The van der Waals surface area contributed by atoms with E-state index in [4.69, 9.17) is 10.6 Å². The largest absolute Gasteiger partial charge is 0.477 e. The Morgan fingerprint density at radius 2 is 2.09 bits per heavy atom. The fourth-order valence-electron chi connectivity index (χ4n) is 3.76. The summed E-state index contributed by atoms with van der Waals surface area (Å²) in [5.41, 5.74) is 7.36. The van der Waals surface area contributed by atoms with Gasteiger partial charge < -0.3 is 20.6 Å². The average Bonchev–Trinajstić information content (AvgIpc) is 3.50. The van der Waals surface area contributed by atoms with E-state index >= 15 is 0 Å². The van der Waals surface area contributed by atoms with Gasteiger partial charge in [-0.3, -0.25) is 9.36 Å². The third kappa shape index (κ3) is 4.14. The molecule has 11 heteroatoms. The minimum Gasteiger partial charge on any atom is -0.477 e. The van der Waals surface area contributed by atoms with Crippen LogP contribution in [0.15, 0.2) is 70.2 Å². The highest BCUT2D eigenvalue weighted by molar-refractivity contribution is 7.12. The molecule has 1 aliphatic rings. The summed E-state index contributed by atoms with van der Waals surface area (Å²) in [6.07, 6.45) is 2.87. The lowest BCUT2D eigenvalue weighted by Gasteiger charge is -2.17. The van der Waals surface area contributed by atoms with Crippen LogP contribution in [-0.4, -0.2) is 50.5 Å². The highest BCUT2D eigenvalue weighted by Crippen LogP contribution is 2.23. The molecule has 1 saturated heterocycles. The van der Waals surface area contributed by atoms with Gasteiger partial charge in [-0.25, -0.2) is 14.8 Å². The van der Waals surface area contributed by atoms with Gasteiger partial charge in [0.15, 0.2) is 10.8 Å². The third-order valence-corrected chi connectivity index (χ3v) is 6.24. The summed E-state index contributed by atoms with van der Waals surface area (Å²) in [5, 5.41) is 16.2. The van der Waals surface area contributed by atoms with Crippen molar-refractivity contribution in [3.8, 4) is 5.13 Å². The smallest absolute Gasteiger partial charge is 0.341 e. The van der Waals surface area contributed by atoms with Crippen LogP contribution in [0.5, 0.6) is 0 Å². The minimum absolute atomic E-state index is 0.197. The van der Waals surface area contributed by atoms with Crippen LogP contribution in [-0.2, 0) is 11.4 Å². The molecule has 5 rings (SSSR count). The van der Waals surface area contributed by atoms with E-state index in [1.165, 1.54) is 22.1 Å². The minimum atomic E-state index is -1.30. The Bertz CT molecular complexity index is 1440. The van der Waals surface area contributed by atoms with E-state index in [-0.39, 0.29) is 17.0 Å². The van der Waals surface area contributed by atoms with Crippen molar-refractivity contribution in [3.63, 3.8) is 0 Å². The number of rotatable bonds is 6. The van der Waals surface area contributed by atoms with E-state index in [1.807, 2.05) is 35.2 Å². The maximum Gasteiger partial charge on any atom is 0.341 e. The number of hydrogen-bond acceptors (Lipinski definition) is 9. The number of nitrogens with zero attached hydrogens (tertiary/aromatic N) is 5. The van der Waals surface area contributed by atoms with Crippen LogP contribution in [0, 0.1) is 0 Å². The Morgan fingerprint density at radius 3 is 2.82 bits per heavy atom. The van der Waals surface area contributed by atoms with E-state index in [0.717, 1.165) is 5.56 Å². The van der Waals surface area contributed by atoms with Crippen LogP contribution in [0.4, 0.5) is 5.82 Å². The number of carboxylic acids is 1. The molecule has 1 atom stereocenters. The van der Waals surface area contributed by atoms with Crippen LogP contribution in [0.2, 0.25) is 0 Å². The molecule has 172 valence electrons. The van der Waals surface area contributed by atoms with Gasteiger partial charge in [0.1, 0.15) is 18.0 Å². The maximum absolute atomic E-state index is 12.7. The molecule has 1 aliphatic heterocycles. The van der Waals surface area contributed by atoms with Crippen LogP contribution < -0.4 is 16.1 Å². The SMILES string of the molecule is NC1CN(c2ccc3c(=O)c(C(=O)O)cn(-c4nccs4)c3n2)C/C1=N/OCc1ccccc1. The Balaban J connectivity index is 1.46. The molecule has 0 spiro atoms. The Kier molecular flexibility index (Phi) is 5.78. The predicted molar refractivity (Wildman–Crippen MR) is 129 cm³/mol. The standard InChI is InChI=1S/C23H20N6O4S/c24-17-11-28(12-18(17)27-33-13-14-4-2-1-3-5-14)19-7-6-15-20(30)16(22(31)32)10-29(21(15)26-19)23-25-8-9-34-23/h1-10,17H,11-13,24H2,(H,31,32)/b27-18-. The van der Waals surface area contributed by atoms with Gasteiger partial charge in [0.2, 0.25) is 5.43 Å². The van der Waals surface area contributed by atoms with Crippen LogP contribution in [0.3, 0.4) is 0 Å². The molecule has 0 amide bonds. The molecule has 4 aromatic rings. The molecule has 1 aromatic carbocycles. The van der Waals surface area contributed by atoms with Gasteiger partial charge in [-0.05, 0) is 17.7 Å². The van der Waals surface area contributed by atoms with Crippen molar-refractivity contribution in [2.45, 2.75) is 12.6 Å². The number of nitrogens with two attached hydrogens (primary N) is 1. The van der Waals surface area contributed by atoms with E-state index < -0.39 is 11.4 Å². The van der Waals surface area contributed by atoms with Gasteiger partial charge in [0.25, 0.3) is 0 Å². The number of oxime groups is 1. The molecule has 0 radical (unpaired) electrons. The van der Waals surface area contributed by atoms with Crippen LogP contribution in [0.25, 0.3) is 16.2 Å². The van der Waals surface area contributed by atoms with Crippen molar-refractivity contribution in [2.75, 3.05) is 18.0 Å². The average molecular weight is 477 g/mol. The first kappa shape index (κ1) is 21.7. The van der Waals surface area contributed by atoms with Crippen molar-refractivity contribution in [2.24, 2.45) is 10.9 Å². The zero-order chi connectivity index (χ0) is 23.7. The topological polar surface area (TPSA) is 136 Å². The number of thiazole rings is 1. The Labute approximate surface area is 197 Å². The summed E-state index contributed by atoms with van der Waals surface area (Å²) in [5.74, 6) is -0.716. The number of fused-ring (bicyclic) bond motifs is 1. The second-order valence-corrected chi connectivity index (χ2v) is 8.60. The Hall–Kier alpha value is -4.09. The summed E-state index contributed by atoms with van der Waals surface area (Å²) in [7, 11) is 0. The molecular formula is C23H20N6O4S. The zero-order valence-corrected chi connectivity index (χ0v) is 18.7. The number of pyridine rings is 2. The second-order valence-electron chi connectivity index (χ2n) is 7.73. The summed E-state index contributed by atoms with van der Waals surface area (Å²) in [4.78, 5) is 40.7. The molecule has 0 bridgehead atoms. The molecule has 3 N–H and O–H groups in total. The van der Waals surface area contributed by atoms with Gasteiger partial charge in [0, 0.05) is 24.3 Å². The number of benzene rings is 1. The first-order chi connectivity index (χ1) is 16.5. The molecular weight excluding hydrogens is 456 g/mol. The van der Waals surface area contributed by atoms with Crippen molar-refractivity contribution >= 4 is 39.9 Å². The monoisotopic (exact) mass is 476 g/mol. The van der Waals surface area contributed by atoms with Crippen LogP contribution in [0.1, 0.15) is 15.9 Å². The number of hydrogen-bond donors (Lipinski definition) is 2. The fraction of sp³-hybridized carbons (Fsp3) is 0.174. The van der Waals surface area contributed by atoms with E-state index in [2.05, 4.69) is 15.1 Å². The van der Waals surface area contributed by atoms with Crippen molar-refractivity contribution in [1.82, 2.24) is 14.5 Å². The molecule has 34 heavy (non-hydrogen) atoms. The first-order valence-electron chi connectivity index (χ1n) is 10.4. The van der Waals surface area contributed by atoms with Gasteiger partial charge in [-0.15, -0.1) is 11.3 Å². The normalized spacial score (nSPS) is 16.9. The summed E-state index contributed by atoms with van der Waals surface area (Å²) >= 11 is 1.31. The van der Waals surface area contributed by atoms with Gasteiger partial charge in [-0.2, -0.15) is 0 Å². The van der Waals surface area contributed by atoms with Crippen LogP contribution >= 0.6 is 11.3 Å². The lowest BCUT2D eigenvalue weighted by Crippen LogP contribution is -2.30. The molecule has 10 nitrogen and oxygen atoms in total. The van der Waals surface area contributed by atoms with E-state index in [1.54, 1.807) is 23.7 Å². The molecule has 1 fully saturated rings. The third-order valence-electron chi connectivity index (χ3n) is 5.47. The van der Waals surface area contributed by atoms with Gasteiger partial charge >= 0.3 is 5.97 Å². The lowest BCUT2D eigenvalue weighted by atomic mass is 10.2. The van der Waals surface area contributed by atoms with Crippen molar-refractivity contribution in [1.29, 1.82) is 0 Å². The maximum atomic E-state index is 12.7. The van der Waals surface area contributed by atoms with E-state index in [9.17, 15) is 14.7 Å².